The number of hydrogen-bond acceptors (Lipinski definition) is 4. The Morgan fingerprint density at radius 1 is 1.29 bits per heavy atom. The van der Waals surface area contributed by atoms with Crippen LogP contribution in [0.3, 0.4) is 0 Å². The van der Waals surface area contributed by atoms with Crippen molar-refractivity contribution < 1.29 is 9.53 Å². The molecule has 1 aromatic heterocycles. The summed E-state index contributed by atoms with van der Waals surface area (Å²) in [7, 11) is 0. The number of fused-ring (bicyclic) bond motifs is 1. The highest BCUT2D eigenvalue weighted by Crippen LogP contribution is 2.25. The lowest BCUT2D eigenvalue weighted by Crippen LogP contribution is -2.49. The molecule has 1 atom stereocenters. The molecule has 0 unspecified atom stereocenters. The van der Waals surface area contributed by atoms with Gasteiger partial charge in [-0.1, -0.05) is 0 Å². The van der Waals surface area contributed by atoms with Crippen molar-refractivity contribution in [3.63, 3.8) is 0 Å². The summed E-state index contributed by atoms with van der Waals surface area (Å²) in [5.41, 5.74) is 1.24. The van der Waals surface area contributed by atoms with E-state index < -0.39 is 0 Å². The minimum absolute atomic E-state index is 0.0735. The topological polar surface area (TPSA) is 62.6 Å². The Bertz CT molecular complexity index is 563. The monoisotopic (exact) mass is 333 g/mol. The number of carbonyl (C=O) groups excluding carboxylic acids is 1. The minimum Gasteiger partial charge on any atom is -0.381 e. The Labute approximate surface area is 142 Å². The van der Waals surface area contributed by atoms with Gasteiger partial charge >= 0.3 is 6.03 Å². The van der Waals surface area contributed by atoms with Crippen molar-refractivity contribution in [1.82, 2.24) is 24.9 Å². The Balaban J connectivity index is 1.40. The fourth-order valence-electron chi connectivity index (χ4n) is 4.13. The largest absolute Gasteiger partial charge is 0.381 e. The number of carbonyl (C=O) groups is 1. The molecule has 7 nitrogen and oxygen atoms in total. The van der Waals surface area contributed by atoms with Crippen molar-refractivity contribution in [2.75, 3.05) is 39.4 Å². The van der Waals surface area contributed by atoms with Crippen molar-refractivity contribution in [3.8, 4) is 0 Å². The van der Waals surface area contributed by atoms with Crippen LogP contribution < -0.4 is 5.32 Å². The molecule has 0 bridgehead atoms. The molecular weight excluding hydrogens is 306 g/mol. The molecule has 0 aromatic carbocycles. The standard InChI is InChI=1S/C17H27N5O2/c23-17(20-7-1-2-8-20)18-11-16-13-21(14-4-9-24-10-5-14)12-15-3-6-19-22(15)16/h3,6,14,16H,1-2,4-5,7-13H2,(H,18,23)/t16-/m0/s1. The van der Waals surface area contributed by atoms with E-state index in [0.717, 1.165) is 65.1 Å². The van der Waals surface area contributed by atoms with E-state index in [1.807, 2.05) is 11.1 Å². The summed E-state index contributed by atoms with van der Waals surface area (Å²) in [6.45, 7) is 6.02. The van der Waals surface area contributed by atoms with Gasteiger partial charge in [0.05, 0.1) is 11.7 Å². The first-order valence-electron chi connectivity index (χ1n) is 9.18. The zero-order chi connectivity index (χ0) is 16.4. The summed E-state index contributed by atoms with van der Waals surface area (Å²) < 4.78 is 7.60. The lowest BCUT2D eigenvalue weighted by molar-refractivity contribution is 0.0167. The number of ether oxygens (including phenoxy) is 1. The molecule has 3 aliphatic heterocycles. The highest BCUT2D eigenvalue weighted by molar-refractivity contribution is 5.74. The molecule has 1 N–H and O–H groups in total. The number of urea groups is 1. The molecule has 3 aliphatic rings. The van der Waals surface area contributed by atoms with Gasteiger partial charge in [-0.25, -0.2) is 4.79 Å². The molecule has 24 heavy (non-hydrogen) atoms. The minimum atomic E-state index is 0.0735. The molecule has 0 spiro atoms. The Morgan fingerprint density at radius 2 is 2.08 bits per heavy atom. The fourth-order valence-corrected chi connectivity index (χ4v) is 4.13. The van der Waals surface area contributed by atoms with Gasteiger partial charge < -0.3 is 15.0 Å². The number of amides is 2. The van der Waals surface area contributed by atoms with Crippen molar-refractivity contribution in [1.29, 1.82) is 0 Å². The Hall–Kier alpha value is -1.60. The lowest BCUT2D eigenvalue weighted by Gasteiger charge is -2.40. The molecule has 0 saturated carbocycles. The molecule has 4 heterocycles. The van der Waals surface area contributed by atoms with Gasteiger partial charge in [-0.05, 0) is 31.7 Å². The van der Waals surface area contributed by atoms with E-state index in [2.05, 4.69) is 26.1 Å². The van der Waals surface area contributed by atoms with E-state index in [9.17, 15) is 4.79 Å². The summed E-state index contributed by atoms with van der Waals surface area (Å²) >= 11 is 0. The van der Waals surface area contributed by atoms with E-state index in [-0.39, 0.29) is 12.1 Å². The van der Waals surface area contributed by atoms with E-state index in [1.54, 1.807) is 0 Å². The van der Waals surface area contributed by atoms with Crippen molar-refractivity contribution in [2.24, 2.45) is 0 Å². The van der Waals surface area contributed by atoms with Crippen LogP contribution in [0.2, 0.25) is 0 Å². The van der Waals surface area contributed by atoms with Crippen LogP contribution in [0.25, 0.3) is 0 Å². The number of nitrogens with zero attached hydrogens (tertiary/aromatic N) is 4. The molecule has 132 valence electrons. The normalized spacial score (nSPS) is 25.7. The second-order valence-electron chi connectivity index (χ2n) is 7.07. The summed E-state index contributed by atoms with van der Waals surface area (Å²) in [6, 6.07) is 2.96. The molecule has 4 rings (SSSR count). The average Bonchev–Trinajstić information content (AvgIpc) is 3.31. The van der Waals surface area contributed by atoms with Crippen LogP contribution in [0.4, 0.5) is 4.79 Å². The predicted octanol–water partition coefficient (Wildman–Crippen LogP) is 1.22. The number of likely N-dealkylation sites (tertiary alicyclic amines) is 1. The molecule has 7 heteroatoms. The van der Waals surface area contributed by atoms with Crippen LogP contribution in [-0.4, -0.2) is 71.0 Å². The third-order valence-corrected chi connectivity index (χ3v) is 5.50. The number of hydrogen-bond donors (Lipinski definition) is 1. The fraction of sp³-hybridized carbons (Fsp3) is 0.765. The van der Waals surface area contributed by atoms with E-state index in [1.165, 1.54) is 5.69 Å². The quantitative estimate of drug-likeness (QED) is 0.904. The second kappa shape index (κ2) is 7.11. The van der Waals surface area contributed by atoms with Crippen LogP contribution in [-0.2, 0) is 11.3 Å². The van der Waals surface area contributed by atoms with Gasteiger partial charge in [-0.3, -0.25) is 9.58 Å². The van der Waals surface area contributed by atoms with Crippen LogP contribution >= 0.6 is 0 Å². The maximum atomic E-state index is 12.3. The van der Waals surface area contributed by atoms with Gasteiger partial charge in [0.1, 0.15) is 0 Å². The molecular formula is C17H27N5O2. The highest BCUT2D eigenvalue weighted by atomic mass is 16.5. The van der Waals surface area contributed by atoms with Gasteiger partial charge in [0.2, 0.25) is 0 Å². The van der Waals surface area contributed by atoms with Crippen LogP contribution in [0.15, 0.2) is 12.3 Å². The van der Waals surface area contributed by atoms with Gasteiger partial charge in [0.15, 0.2) is 0 Å². The molecule has 2 fully saturated rings. The first-order chi connectivity index (χ1) is 11.8. The lowest BCUT2D eigenvalue weighted by atomic mass is 10.0. The molecule has 2 saturated heterocycles. The number of aromatic nitrogens is 2. The zero-order valence-corrected chi connectivity index (χ0v) is 14.2. The molecule has 0 radical (unpaired) electrons. The van der Waals surface area contributed by atoms with E-state index >= 15 is 0 Å². The molecule has 0 aliphatic carbocycles. The Morgan fingerprint density at radius 3 is 2.88 bits per heavy atom. The number of rotatable bonds is 3. The second-order valence-corrected chi connectivity index (χ2v) is 7.07. The Kier molecular flexibility index (Phi) is 4.71. The third kappa shape index (κ3) is 3.28. The van der Waals surface area contributed by atoms with Gasteiger partial charge in [0, 0.05) is 58.2 Å². The SMILES string of the molecule is O=C(NC[C@H]1CN(C2CCOCC2)Cc2ccnn21)N1CCCC1. The van der Waals surface area contributed by atoms with Crippen LogP contribution in [0.1, 0.15) is 37.4 Å². The summed E-state index contributed by atoms with van der Waals surface area (Å²) in [4.78, 5) is 16.7. The van der Waals surface area contributed by atoms with Crippen LogP contribution in [0.5, 0.6) is 0 Å². The van der Waals surface area contributed by atoms with Crippen molar-refractivity contribution in [2.45, 2.75) is 44.3 Å². The average molecular weight is 333 g/mol. The van der Waals surface area contributed by atoms with Gasteiger partial charge in [-0.15, -0.1) is 0 Å². The van der Waals surface area contributed by atoms with Crippen molar-refractivity contribution in [3.05, 3.63) is 18.0 Å². The first-order valence-corrected chi connectivity index (χ1v) is 9.18. The zero-order valence-electron chi connectivity index (χ0n) is 14.2. The summed E-state index contributed by atoms with van der Waals surface area (Å²) in [6.07, 6.45) is 6.31. The van der Waals surface area contributed by atoms with Crippen LogP contribution in [0, 0.1) is 0 Å². The summed E-state index contributed by atoms with van der Waals surface area (Å²) in [5.74, 6) is 0. The summed E-state index contributed by atoms with van der Waals surface area (Å²) in [5, 5.41) is 7.62. The predicted molar refractivity (Wildman–Crippen MR) is 89.7 cm³/mol. The number of nitrogens with one attached hydrogen (secondary N) is 1. The van der Waals surface area contributed by atoms with E-state index in [4.69, 9.17) is 4.74 Å². The van der Waals surface area contributed by atoms with Gasteiger partial charge in [0.25, 0.3) is 0 Å². The third-order valence-electron chi connectivity index (χ3n) is 5.50. The molecule has 1 aromatic rings. The maximum Gasteiger partial charge on any atom is 0.317 e. The van der Waals surface area contributed by atoms with Crippen molar-refractivity contribution >= 4 is 6.03 Å². The smallest absolute Gasteiger partial charge is 0.317 e. The highest BCUT2D eigenvalue weighted by Gasteiger charge is 2.31. The van der Waals surface area contributed by atoms with Gasteiger partial charge in [-0.2, -0.15) is 5.10 Å². The molecule has 2 amide bonds. The first kappa shape index (κ1) is 15.9. The van der Waals surface area contributed by atoms with E-state index in [0.29, 0.717) is 12.6 Å². The maximum absolute atomic E-state index is 12.3.